The average molecular weight is 293 g/mol. The Hall–Kier alpha value is -1.43. The Labute approximate surface area is 122 Å². The number of hydrogen-bond acceptors (Lipinski definition) is 4. The molecule has 1 saturated heterocycles. The number of carbonyl (C=O) groups excluding carboxylic acids is 2. The average Bonchev–Trinajstić information content (AvgIpc) is 3.12. The van der Waals surface area contributed by atoms with Crippen LogP contribution in [0.2, 0.25) is 0 Å². The maximum Gasteiger partial charge on any atom is 0.249 e. The van der Waals surface area contributed by atoms with E-state index in [0.29, 0.717) is 6.54 Å². The third kappa shape index (κ3) is 1.93. The number of amides is 2. The summed E-state index contributed by atoms with van der Waals surface area (Å²) in [6, 6.07) is 0. The van der Waals surface area contributed by atoms with Gasteiger partial charge in [-0.05, 0) is 39.5 Å². The fraction of sp³-hybridized carbons (Fsp3) is 0.643. The molecule has 1 N–H and O–H groups in total. The zero-order valence-electron chi connectivity index (χ0n) is 12.0. The van der Waals surface area contributed by atoms with Crippen molar-refractivity contribution in [2.75, 3.05) is 0 Å². The summed E-state index contributed by atoms with van der Waals surface area (Å²) in [6.07, 6.45) is 3.74. The molecule has 1 atom stereocenters. The topological polar surface area (TPSA) is 62.3 Å². The highest BCUT2D eigenvalue weighted by molar-refractivity contribution is 7.09. The van der Waals surface area contributed by atoms with E-state index in [4.69, 9.17) is 0 Å². The van der Waals surface area contributed by atoms with Crippen LogP contribution in [0, 0.1) is 5.92 Å². The standard InChI is InChI=1S/C14H19N3O2S/c1-13(2)11(18)16-14(3,9-4-5-9)12(19)17(13)8-10-15-6-7-20-10/h6-7,9H,4-5,8H2,1-3H3,(H,16,18). The molecule has 108 valence electrons. The van der Waals surface area contributed by atoms with Crippen molar-refractivity contribution in [1.29, 1.82) is 0 Å². The molecule has 2 fully saturated rings. The number of aromatic nitrogens is 1. The van der Waals surface area contributed by atoms with Crippen LogP contribution < -0.4 is 5.32 Å². The van der Waals surface area contributed by atoms with E-state index < -0.39 is 11.1 Å². The zero-order chi connectivity index (χ0) is 14.5. The molecule has 2 amide bonds. The molecule has 1 unspecified atom stereocenters. The minimum absolute atomic E-state index is 0.0137. The highest BCUT2D eigenvalue weighted by Crippen LogP contribution is 2.43. The van der Waals surface area contributed by atoms with Crippen molar-refractivity contribution >= 4 is 23.2 Å². The molecule has 2 aliphatic rings. The van der Waals surface area contributed by atoms with Gasteiger partial charge in [0.1, 0.15) is 16.1 Å². The van der Waals surface area contributed by atoms with E-state index in [1.807, 2.05) is 12.3 Å². The summed E-state index contributed by atoms with van der Waals surface area (Å²) in [4.78, 5) is 31.3. The maximum absolute atomic E-state index is 12.9. The Morgan fingerprint density at radius 3 is 2.65 bits per heavy atom. The third-order valence-electron chi connectivity index (χ3n) is 4.46. The van der Waals surface area contributed by atoms with Gasteiger partial charge in [-0.15, -0.1) is 11.3 Å². The second kappa shape index (κ2) is 4.28. The zero-order valence-corrected chi connectivity index (χ0v) is 12.8. The third-order valence-corrected chi connectivity index (χ3v) is 5.23. The molecular weight excluding hydrogens is 274 g/mol. The van der Waals surface area contributed by atoms with E-state index in [9.17, 15) is 9.59 Å². The largest absolute Gasteiger partial charge is 0.340 e. The molecule has 1 aliphatic carbocycles. The number of nitrogens with one attached hydrogen (secondary N) is 1. The van der Waals surface area contributed by atoms with Crippen LogP contribution in [0.5, 0.6) is 0 Å². The summed E-state index contributed by atoms with van der Waals surface area (Å²) in [5.74, 6) is 0.205. The lowest BCUT2D eigenvalue weighted by Crippen LogP contribution is -2.73. The quantitative estimate of drug-likeness (QED) is 0.919. The van der Waals surface area contributed by atoms with Gasteiger partial charge in [0.05, 0.1) is 6.54 Å². The summed E-state index contributed by atoms with van der Waals surface area (Å²) in [5, 5.41) is 5.70. The Bertz CT molecular complexity index is 551. The molecule has 6 heteroatoms. The smallest absolute Gasteiger partial charge is 0.249 e. The fourth-order valence-corrected chi connectivity index (χ4v) is 3.38. The number of nitrogens with zero attached hydrogens (tertiary/aromatic N) is 2. The van der Waals surface area contributed by atoms with Crippen molar-refractivity contribution in [3.8, 4) is 0 Å². The molecule has 3 rings (SSSR count). The lowest BCUT2D eigenvalue weighted by atomic mass is 9.85. The van der Waals surface area contributed by atoms with Gasteiger partial charge in [-0.25, -0.2) is 4.98 Å². The SMILES string of the molecule is CC1(C2CC2)NC(=O)C(C)(C)N(Cc2nccs2)C1=O. The molecule has 0 radical (unpaired) electrons. The van der Waals surface area contributed by atoms with Crippen molar-refractivity contribution in [1.82, 2.24) is 15.2 Å². The van der Waals surface area contributed by atoms with Crippen molar-refractivity contribution < 1.29 is 9.59 Å². The van der Waals surface area contributed by atoms with E-state index in [1.165, 1.54) is 11.3 Å². The van der Waals surface area contributed by atoms with Crippen molar-refractivity contribution in [2.45, 2.75) is 51.2 Å². The number of thiazole rings is 1. The van der Waals surface area contributed by atoms with E-state index >= 15 is 0 Å². The van der Waals surface area contributed by atoms with E-state index in [2.05, 4.69) is 10.3 Å². The first-order valence-electron chi connectivity index (χ1n) is 6.89. The number of piperazine rings is 1. The van der Waals surface area contributed by atoms with Crippen LogP contribution in [0.25, 0.3) is 0 Å². The van der Waals surface area contributed by atoms with Crippen molar-refractivity contribution in [3.05, 3.63) is 16.6 Å². The molecule has 2 heterocycles. The highest BCUT2D eigenvalue weighted by Gasteiger charge is 2.57. The number of carbonyl (C=O) groups is 2. The predicted molar refractivity (Wildman–Crippen MR) is 76.0 cm³/mol. The van der Waals surface area contributed by atoms with E-state index in [0.717, 1.165) is 17.8 Å². The van der Waals surface area contributed by atoms with Crippen LogP contribution in [-0.2, 0) is 16.1 Å². The molecule has 5 nitrogen and oxygen atoms in total. The first-order chi connectivity index (χ1) is 9.35. The van der Waals surface area contributed by atoms with Gasteiger partial charge in [-0.1, -0.05) is 0 Å². The van der Waals surface area contributed by atoms with Crippen LogP contribution in [0.3, 0.4) is 0 Å². The van der Waals surface area contributed by atoms with Crippen molar-refractivity contribution in [2.24, 2.45) is 5.92 Å². The lowest BCUT2D eigenvalue weighted by molar-refractivity contribution is -0.162. The molecule has 1 aromatic heterocycles. The van der Waals surface area contributed by atoms with Crippen molar-refractivity contribution in [3.63, 3.8) is 0 Å². The summed E-state index contributed by atoms with van der Waals surface area (Å²) < 4.78 is 0. The molecular formula is C14H19N3O2S. The Morgan fingerprint density at radius 2 is 2.10 bits per heavy atom. The van der Waals surface area contributed by atoms with Gasteiger partial charge < -0.3 is 10.2 Å². The molecule has 1 saturated carbocycles. The molecule has 0 aromatic carbocycles. The van der Waals surface area contributed by atoms with Gasteiger partial charge in [-0.2, -0.15) is 0 Å². The number of hydrogen-bond donors (Lipinski definition) is 1. The normalized spacial score (nSPS) is 29.4. The predicted octanol–water partition coefficient (Wildman–Crippen LogP) is 1.55. The van der Waals surface area contributed by atoms with Gasteiger partial charge >= 0.3 is 0 Å². The van der Waals surface area contributed by atoms with E-state index in [-0.39, 0.29) is 17.7 Å². The van der Waals surface area contributed by atoms with Crippen LogP contribution in [0.1, 0.15) is 38.6 Å². The van der Waals surface area contributed by atoms with Gasteiger partial charge in [-0.3, -0.25) is 9.59 Å². The van der Waals surface area contributed by atoms with Gasteiger partial charge in [0, 0.05) is 11.6 Å². The van der Waals surface area contributed by atoms with Gasteiger partial charge in [0.15, 0.2) is 0 Å². The van der Waals surface area contributed by atoms with Crippen LogP contribution in [0.4, 0.5) is 0 Å². The second-order valence-electron chi connectivity index (χ2n) is 6.31. The first kappa shape index (κ1) is 13.5. The first-order valence-corrected chi connectivity index (χ1v) is 7.77. The molecule has 0 bridgehead atoms. The minimum Gasteiger partial charge on any atom is -0.340 e. The number of rotatable bonds is 3. The molecule has 1 aromatic rings. The van der Waals surface area contributed by atoms with Gasteiger partial charge in [0.2, 0.25) is 11.8 Å². The maximum atomic E-state index is 12.9. The minimum atomic E-state index is -0.836. The Morgan fingerprint density at radius 1 is 1.40 bits per heavy atom. The van der Waals surface area contributed by atoms with Crippen LogP contribution in [0.15, 0.2) is 11.6 Å². The van der Waals surface area contributed by atoms with Crippen LogP contribution in [-0.4, -0.2) is 32.8 Å². The summed E-state index contributed by atoms with van der Waals surface area (Å²) in [6.45, 7) is 5.84. The second-order valence-corrected chi connectivity index (χ2v) is 7.29. The van der Waals surface area contributed by atoms with Gasteiger partial charge in [0.25, 0.3) is 0 Å². The van der Waals surface area contributed by atoms with E-state index in [1.54, 1.807) is 24.9 Å². The molecule has 20 heavy (non-hydrogen) atoms. The fourth-order valence-electron chi connectivity index (χ4n) is 2.77. The summed E-state index contributed by atoms with van der Waals surface area (Å²) in [5.41, 5.74) is -1.58. The Balaban J connectivity index is 1.94. The molecule has 0 spiro atoms. The summed E-state index contributed by atoms with van der Waals surface area (Å²) >= 11 is 1.51. The Kier molecular flexibility index (Phi) is 2.90. The molecule has 1 aliphatic heterocycles. The van der Waals surface area contributed by atoms with Crippen LogP contribution >= 0.6 is 11.3 Å². The monoisotopic (exact) mass is 293 g/mol. The summed E-state index contributed by atoms with van der Waals surface area (Å²) in [7, 11) is 0. The highest BCUT2D eigenvalue weighted by atomic mass is 32.1. The lowest BCUT2D eigenvalue weighted by Gasteiger charge is -2.48.